The number of alkyl halides is 6. The number of rotatable bonds is 6. The number of nitrogens with one attached hydrogen (secondary N) is 1. The van der Waals surface area contributed by atoms with Crippen LogP contribution in [0.25, 0.3) is 0 Å². The summed E-state index contributed by atoms with van der Waals surface area (Å²) in [4.78, 5) is 35.7. The molecule has 2 amide bonds. The van der Waals surface area contributed by atoms with Crippen molar-refractivity contribution in [2.45, 2.75) is 12.4 Å². The lowest BCUT2D eigenvalue weighted by Crippen LogP contribution is -2.32. The van der Waals surface area contributed by atoms with Crippen molar-refractivity contribution in [2.75, 3.05) is 19.1 Å². The third kappa shape index (κ3) is 7.00. The summed E-state index contributed by atoms with van der Waals surface area (Å²) < 4.78 is 87.5. The van der Waals surface area contributed by atoms with E-state index in [2.05, 4.69) is 4.74 Å². The largest absolute Gasteiger partial charge is 0.446 e. The van der Waals surface area contributed by atoms with Gasteiger partial charge in [0.2, 0.25) is 0 Å². The summed E-state index contributed by atoms with van der Waals surface area (Å²) in [5.74, 6) is -1.62. The van der Waals surface area contributed by atoms with Crippen molar-refractivity contribution in [3.8, 4) is 5.75 Å². The third-order valence-corrected chi connectivity index (χ3v) is 4.11. The van der Waals surface area contributed by atoms with Crippen LogP contribution in [0.5, 0.6) is 5.75 Å². The maximum atomic E-state index is 13.0. The van der Waals surface area contributed by atoms with Gasteiger partial charge < -0.3 is 14.8 Å². The van der Waals surface area contributed by atoms with E-state index in [1.807, 2.05) is 5.32 Å². The van der Waals surface area contributed by atoms with Crippen LogP contribution < -0.4 is 10.1 Å². The highest BCUT2D eigenvalue weighted by molar-refractivity contribution is 6.31. The van der Waals surface area contributed by atoms with Crippen LogP contribution >= 0.6 is 11.6 Å². The fourth-order valence-electron chi connectivity index (χ4n) is 2.36. The van der Waals surface area contributed by atoms with Crippen LogP contribution in [0.15, 0.2) is 36.4 Å². The van der Waals surface area contributed by atoms with E-state index >= 15 is 0 Å². The van der Waals surface area contributed by atoms with Crippen LogP contribution in [-0.4, -0.2) is 37.2 Å². The number of nitrogens with zero attached hydrogens (tertiary/aromatic N) is 1. The minimum absolute atomic E-state index is 0.0439. The maximum Gasteiger partial charge on any atom is 0.417 e. The Labute approximate surface area is 186 Å². The molecule has 14 heteroatoms. The summed E-state index contributed by atoms with van der Waals surface area (Å²) >= 11 is 5.81. The minimum atomic E-state index is -5.12. The molecule has 0 saturated heterocycles. The van der Waals surface area contributed by atoms with Crippen molar-refractivity contribution < 1.29 is 50.2 Å². The molecule has 0 aliphatic rings. The van der Waals surface area contributed by atoms with Gasteiger partial charge in [0.15, 0.2) is 6.73 Å². The van der Waals surface area contributed by atoms with E-state index in [0.29, 0.717) is 12.1 Å². The van der Waals surface area contributed by atoms with Crippen LogP contribution in [0.2, 0.25) is 5.02 Å². The number of carbonyl (C=O) groups is 3. The lowest BCUT2D eigenvalue weighted by Gasteiger charge is -2.17. The first-order chi connectivity index (χ1) is 15.2. The molecule has 0 aliphatic carbocycles. The maximum absolute atomic E-state index is 13.0. The van der Waals surface area contributed by atoms with Crippen molar-refractivity contribution in [3.05, 3.63) is 58.1 Å². The van der Waals surface area contributed by atoms with Gasteiger partial charge in [-0.1, -0.05) is 11.6 Å². The van der Waals surface area contributed by atoms with Gasteiger partial charge in [-0.2, -0.15) is 26.3 Å². The molecule has 7 nitrogen and oxygen atoms in total. The standard InChI is InChI=1S/C19H13ClF6N2O5/c1-28(8-32-9-29)17(31)33-15-3-2-12(20)7-14(15)16(30)27-13-5-10(18(21,22)23)4-11(6-13)19(24,25)26/h2-7,9H,8H2,1H3,(H,27,30). The minimum Gasteiger partial charge on any atom is -0.446 e. The predicted molar refractivity (Wildman–Crippen MR) is 102 cm³/mol. The lowest BCUT2D eigenvalue weighted by molar-refractivity contribution is -0.143. The molecule has 0 saturated carbocycles. The summed E-state index contributed by atoms with van der Waals surface area (Å²) in [5, 5.41) is 1.87. The van der Waals surface area contributed by atoms with Gasteiger partial charge in [-0.15, -0.1) is 0 Å². The highest BCUT2D eigenvalue weighted by atomic mass is 35.5. The van der Waals surface area contributed by atoms with Gasteiger partial charge in [-0.3, -0.25) is 14.5 Å². The van der Waals surface area contributed by atoms with Crippen LogP contribution in [0, 0.1) is 0 Å². The molecule has 0 radical (unpaired) electrons. The Morgan fingerprint density at radius 2 is 1.61 bits per heavy atom. The molecule has 0 spiro atoms. The summed E-state index contributed by atoms with van der Waals surface area (Å²) in [6.07, 6.45) is -11.3. The SMILES string of the molecule is CN(COC=O)C(=O)Oc1ccc(Cl)cc1C(=O)Nc1cc(C(F)(F)F)cc(C(F)(F)F)c1. The van der Waals surface area contributed by atoms with Crippen molar-refractivity contribution in [2.24, 2.45) is 0 Å². The van der Waals surface area contributed by atoms with Gasteiger partial charge in [-0.25, -0.2) is 4.79 Å². The molecule has 2 aromatic rings. The Bertz CT molecular complexity index is 1030. The predicted octanol–water partition coefficient (Wildman–Crippen LogP) is 5.19. The molecule has 0 bridgehead atoms. The number of hydrogen-bond donors (Lipinski definition) is 1. The molecular weight excluding hydrogens is 486 g/mol. The highest BCUT2D eigenvalue weighted by Gasteiger charge is 2.37. The Morgan fingerprint density at radius 3 is 2.12 bits per heavy atom. The number of anilines is 1. The van der Waals surface area contributed by atoms with Gasteiger partial charge in [-0.05, 0) is 36.4 Å². The van der Waals surface area contributed by atoms with Crippen molar-refractivity contribution in [1.82, 2.24) is 4.90 Å². The third-order valence-electron chi connectivity index (χ3n) is 3.88. The number of carbonyl (C=O) groups excluding carboxylic acids is 3. The van der Waals surface area contributed by atoms with E-state index < -0.39 is 59.2 Å². The molecule has 0 unspecified atom stereocenters. The van der Waals surface area contributed by atoms with Gasteiger partial charge in [0, 0.05) is 17.8 Å². The quantitative estimate of drug-likeness (QED) is 0.336. The first-order valence-electron chi connectivity index (χ1n) is 8.61. The monoisotopic (exact) mass is 498 g/mol. The number of amides is 2. The second kappa shape index (κ2) is 9.98. The van der Waals surface area contributed by atoms with Gasteiger partial charge in [0.05, 0.1) is 16.7 Å². The Balaban J connectivity index is 2.38. The summed E-state index contributed by atoms with van der Waals surface area (Å²) in [7, 11) is 1.18. The van der Waals surface area contributed by atoms with Crippen molar-refractivity contribution in [1.29, 1.82) is 0 Å². The second-order valence-electron chi connectivity index (χ2n) is 6.35. The number of benzene rings is 2. The smallest absolute Gasteiger partial charge is 0.417 e. The zero-order chi connectivity index (χ0) is 25.0. The van der Waals surface area contributed by atoms with E-state index in [-0.39, 0.29) is 17.6 Å². The number of halogens is 7. The molecule has 178 valence electrons. The Kier molecular flexibility index (Phi) is 7.80. The van der Waals surface area contributed by atoms with Gasteiger partial charge in [0.25, 0.3) is 12.4 Å². The van der Waals surface area contributed by atoms with Crippen LogP contribution in [0.4, 0.5) is 36.8 Å². The van der Waals surface area contributed by atoms with E-state index in [9.17, 15) is 40.7 Å². The molecule has 2 aromatic carbocycles. The molecule has 1 N–H and O–H groups in total. The topological polar surface area (TPSA) is 84.9 Å². The zero-order valence-electron chi connectivity index (χ0n) is 16.4. The Hall–Kier alpha value is -3.48. The molecule has 33 heavy (non-hydrogen) atoms. The normalized spacial score (nSPS) is 11.5. The first kappa shape index (κ1) is 25.8. The highest BCUT2D eigenvalue weighted by Crippen LogP contribution is 2.37. The molecule has 0 atom stereocenters. The van der Waals surface area contributed by atoms with E-state index in [4.69, 9.17) is 16.3 Å². The summed E-state index contributed by atoms with van der Waals surface area (Å²) in [5.41, 5.74) is -4.55. The molecular formula is C19H13ClF6N2O5. The van der Waals surface area contributed by atoms with Crippen molar-refractivity contribution in [3.63, 3.8) is 0 Å². The first-order valence-corrected chi connectivity index (χ1v) is 8.98. The van der Waals surface area contributed by atoms with E-state index in [0.717, 1.165) is 17.0 Å². The average molecular weight is 499 g/mol. The van der Waals surface area contributed by atoms with Gasteiger partial charge in [0.1, 0.15) is 5.75 Å². The van der Waals surface area contributed by atoms with E-state index in [1.54, 1.807) is 0 Å². The van der Waals surface area contributed by atoms with Crippen LogP contribution in [0.3, 0.4) is 0 Å². The lowest BCUT2D eigenvalue weighted by atomic mass is 10.1. The fourth-order valence-corrected chi connectivity index (χ4v) is 2.53. The van der Waals surface area contributed by atoms with Crippen LogP contribution in [-0.2, 0) is 21.9 Å². The summed E-state index contributed by atoms with van der Waals surface area (Å²) in [6, 6.07) is 3.81. The van der Waals surface area contributed by atoms with Gasteiger partial charge >= 0.3 is 18.4 Å². The number of hydrogen-bond acceptors (Lipinski definition) is 5. The van der Waals surface area contributed by atoms with E-state index in [1.165, 1.54) is 13.1 Å². The summed E-state index contributed by atoms with van der Waals surface area (Å²) in [6.45, 7) is -0.433. The average Bonchev–Trinajstić information content (AvgIpc) is 2.71. The fraction of sp³-hybridized carbons (Fsp3) is 0.211. The number of ether oxygens (including phenoxy) is 2. The van der Waals surface area contributed by atoms with Crippen LogP contribution in [0.1, 0.15) is 21.5 Å². The molecule has 0 aliphatic heterocycles. The second-order valence-corrected chi connectivity index (χ2v) is 6.78. The molecule has 2 rings (SSSR count). The molecule has 0 aromatic heterocycles. The van der Waals surface area contributed by atoms with Crippen molar-refractivity contribution >= 4 is 35.8 Å². The molecule has 0 fully saturated rings. The zero-order valence-corrected chi connectivity index (χ0v) is 17.1. The Morgan fingerprint density at radius 1 is 1.03 bits per heavy atom. The molecule has 0 heterocycles.